The Morgan fingerprint density at radius 1 is 1.16 bits per heavy atom. The van der Waals surface area contributed by atoms with E-state index >= 15 is 0 Å². The minimum atomic E-state index is -0.282. The normalized spacial score (nSPS) is 12.8. The number of nitrogens with one attached hydrogen (secondary N) is 2. The van der Waals surface area contributed by atoms with E-state index in [9.17, 15) is 9.59 Å². The van der Waals surface area contributed by atoms with Crippen molar-refractivity contribution in [3.63, 3.8) is 0 Å². The summed E-state index contributed by atoms with van der Waals surface area (Å²) >= 11 is 1.41. The third kappa shape index (κ3) is 4.12. The smallest absolute Gasteiger partial charge is 0.249 e. The second-order valence-corrected chi connectivity index (χ2v) is 8.60. The van der Waals surface area contributed by atoms with Crippen LogP contribution in [0.25, 0.3) is 22.6 Å². The first-order chi connectivity index (χ1) is 15.5. The molecular weight excluding hydrogens is 426 g/mol. The van der Waals surface area contributed by atoms with Gasteiger partial charge in [-0.15, -0.1) is 21.5 Å². The molecular formula is C22H19N7O2S. The van der Waals surface area contributed by atoms with Crippen molar-refractivity contribution in [3.05, 3.63) is 59.0 Å². The Morgan fingerprint density at radius 2 is 2.00 bits per heavy atom. The Hall–Kier alpha value is -3.92. The van der Waals surface area contributed by atoms with Crippen molar-refractivity contribution in [1.82, 2.24) is 25.2 Å². The fourth-order valence-electron chi connectivity index (χ4n) is 3.55. The number of hydrogen-bond donors (Lipinski definition) is 2. The van der Waals surface area contributed by atoms with Crippen LogP contribution < -0.4 is 10.6 Å². The number of thiazole rings is 1. The topological polar surface area (TPSA) is 115 Å². The highest BCUT2D eigenvalue weighted by atomic mass is 32.1. The first kappa shape index (κ1) is 20.0. The van der Waals surface area contributed by atoms with E-state index in [4.69, 9.17) is 0 Å². The van der Waals surface area contributed by atoms with Crippen molar-refractivity contribution < 1.29 is 9.59 Å². The highest BCUT2D eigenvalue weighted by Crippen LogP contribution is 2.33. The van der Waals surface area contributed by atoms with E-state index < -0.39 is 0 Å². The van der Waals surface area contributed by atoms with Crippen molar-refractivity contribution in [1.29, 1.82) is 0 Å². The zero-order chi connectivity index (χ0) is 22.1. The van der Waals surface area contributed by atoms with Gasteiger partial charge in [-0.1, -0.05) is 36.4 Å². The van der Waals surface area contributed by atoms with E-state index in [1.807, 2.05) is 55.5 Å². The number of fused-ring (bicyclic) bond motifs is 1. The summed E-state index contributed by atoms with van der Waals surface area (Å²) in [6.45, 7) is 1.90. The standard InChI is InChI=1S/C22H19N7O2S/c1-13-20(16-7-9-17-15(11-16)8-10-18(30)23-17)25-22(32-13)24-19(31)12-29-27-21(26-28-29)14-5-3-2-4-6-14/h2-7,9,11H,8,10,12H2,1H3,(H,23,30)(H,24,25,31). The molecule has 2 N–H and O–H groups in total. The molecule has 0 radical (unpaired) electrons. The largest absolute Gasteiger partial charge is 0.326 e. The van der Waals surface area contributed by atoms with Gasteiger partial charge in [-0.2, -0.15) is 4.80 Å². The second-order valence-electron chi connectivity index (χ2n) is 7.40. The maximum Gasteiger partial charge on any atom is 0.249 e. The lowest BCUT2D eigenvalue weighted by atomic mass is 9.99. The molecule has 2 aromatic carbocycles. The lowest BCUT2D eigenvalue weighted by Gasteiger charge is -2.17. The van der Waals surface area contributed by atoms with Gasteiger partial charge in [-0.05, 0) is 36.3 Å². The van der Waals surface area contributed by atoms with Gasteiger partial charge in [0.2, 0.25) is 17.6 Å². The van der Waals surface area contributed by atoms with Crippen molar-refractivity contribution in [2.24, 2.45) is 0 Å². The molecule has 0 spiro atoms. The summed E-state index contributed by atoms with van der Waals surface area (Å²) < 4.78 is 0. The molecule has 0 bridgehead atoms. The molecule has 2 aromatic heterocycles. The molecule has 2 amide bonds. The summed E-state index contributed by atoms with van der Waals surface area (Å²) in [6, 6.07) is 15.3. The zero-order valence-corrected chi connectivity index (χ0v) is 18.0. The van der Waals surface area contributed by atoms with Crippen LogP contribution in [0.5, 0.6) is 0 Å². The number of carbonyl (C=O) groups excluding carboxylic acids is 2. The van der Waals surface area contributed by atoms with Gasteiger partial charge < -0.3 is 10.6 Å². The van der Waals surface area contributed by atoms with E-state index in [0.717, 1.165) is 32.9 Å². The quantitative estimate of drug-likeness (QED) is 0.487. The maximum absolute atomic E-state index is 12.5. The van der Waals surface area contributed by atoms with Crippen LogP contribution in [0.3, 0.4) is 0 Å². The Morgan fingerprint density at radius 3 is 2.84 bits per heavy atom. The molecule has 1 aliphatic heterocycles. The summed E-state index contributed by atoms with van der Waals surface area (Å²) in [5.41, 5.74) is 4.55. The Kier molecular flexibility index (Phi) is 5.20. The SMILES string of the molecule is Cc1sc(NC(=O)Cn2nnc(-c3ccccc3)n2)nc1-c1ccc2c(c1)CCC(=O)N2. The van der Waals surface area contributed by atoms with Crippen molar-refractivity contribution in [2.45, 2.75) is 26.3 Å². The Balaban J connectivity index is 1.28. The number of anilines is 2. The first-order valence-electron chi connectivity index (χ1n) is 10.1. The van der Waals surface area contributed by atoms with E-state index in [2.05, 4.69) is 31.0 Å². The number of tetrazole rings is 1. The predicted octanol–water partition coefficient (Wildman–Crippen LogP) is 3.30. The molecule has 9 nitrogen and oxygen atoms in total. The van der Waals surface area contributed by atoms with Gasteiger partial charge in [0.15, 0.2) is 5.13 Å². The highest BCUT2D eigenvalue weighted by Gasteiger charge is 2.18. The van der Waals surface area contributed by atoms with Crippen LogP contribution in [0.2, 0.25) is 0 Å². The molecule has 0 aliphatic carbocycles. The van der Waals surface area contributed by atoms with Crippen molar-refractivity contribution >= 4 is 34.0 Å². The minimum absolute atomic E-state index is 0.0397. The zero-order valence-electron chi connectivity index (χ0n) is 17.2. The maximum atomic E-state index is 12.5. The number of hydrogen-bond acceptors (Lipinski definition) is 7. The summed E-state index contributed by atoms with van der Waals surface area (Å²) in [5, 5.41) is 18.5. The average Bonchev–Trinajstić information content (AvgIpc) is 3.40. The Bertz CT molecular complexity index is 1310. The fourth-order valence-corrected chi connectivity index (χ4v) is 4.40. The van der Waals surface area contributed by atoms with E-state index in [0.29, 0.717) is 23.8 Å². The number of aryl methyl sites for hydroxylation is 2. The van der Waals surface area contributed by atoms with Crippen LogP contribution in [0.4, 0.5) is 10.8 Å². The van der Waals surface area contributed by atoms with Crippen LogP contribution in [0.1, 0.15) is 16.9 Å². The minimum Gasteiger partial charge on any atom is -0.326 e. The van der Waals surface area contributed by atoms with Gasteiger partial charge >= 0.3 is 0 Å². The third-order valence-corrected chi connectivity index (χ3v) is 5.97. The van der Waals surface area contributed by atoms with Crippen molar-refractivity contribution in [3.8, 4) is 22.6 Å². The third-order valence-electron chi connectivity index (χ3n) is 5.09. The molecule has 4 aromatic rings. The first-order valence-corrected chi connectivity index (χ1v) is 10.9. The summed E-state index contributed by atoms with van der Waals surface area (Å²) in [5.74, 6) is 0.225. The number of aromatic nitrogens is 5. The number of amides is 2. The molecule has 32 heavy (non-hydrogen) atoms. The van der Waals surface area contributed by atoms with E-state index in [-0.39, 0.29) is 18.4 Å². The summed E-state index contributed by atoms with van der Waals surface area (Å²) in [6.07, 6.45) is 1.19. The van der Waals surface area contributed by atoms with Crippen LogP contribution in [0.15, 0.2) is 48.5 Å². The lowest BCUT2D eigenvalue weighted by molar-refractivity contribution is -0.117. The molecule has 3 heterocycles. The fraction of sp³-hybridized carbons (Fsp3) is 0.182. The second kappa shape index (κ2) is 8.31. The van der Waals surface area contributed by atoms with Crippen LogP contribution in [-0.4, -0.2) is 37.0 Å². The highest BCUT2D eigenvalue weighted by molar-refractivity contribution is 7.16. The number of rotatable bonds is 5. The van der Waals surface area contributed by atoms with Crippen LogP contribution >= 0.6 is 11.3 Å². The van der Waals surface area contributed by atoms with Crippen molar-refractivity contribution in [2.75, 3.05) is 10.6 Å². The van der Waals surface area contributed by atoms with Gasteiger partial charge in [-0.25, -0.2) is 4.98 Å². The molecule has 10 heteroatoms. The summed E-state index contributed by atoms with van der Waals surface area (Å²) in [4.78, 5) is 30.9. The van der Waals surface area contributed by atoms with E-state index in [1.165, 1.54) is 16.1 Å². The molecule has 1 aliphatic rings. The van der Waals surface area contributed by atoms with Gasteiger partial charge in [0.05, 0.1) is 5.69 Å². The monoisotopic (exact) mass is 445 g/mol. The van der Waals surface area contributed by atoms with E-state index in [1.54, 1.807) is 0 Å². The van der Waals surface area contributed by atoms with Gasteiger partial charge in [0.25, 0.3) is 0 Å². The number of nitrogens with zero attached hydrogens (tertiary/aromatic N) is 5. The lowest BCUT2D eigenvalue weighted by Crippen LogP contribution is -2.20. The number of benzene rings is 2. The van der Waals surface area contributed by atoms with Gasteiger partial charge in [0, 0.05) is 28.1 Å². The molecule has 0 atom stereocenters. The average molecular weight is 446 g/mol. The predicted molar refractivity (Wildman–Crippen MR) is 121 cm³/mol. The van der Waals surface area contributed by atoms with Gasteiger partial charge in [0.1, 0.15) is 6.54 Å². The summed E-state index contributed by atoms with van der Waals surface area (Å²) in [7, 11) is 0. The van der Waals surface area contributed by atoms with Gasteiger partial charge in [-0.3, -0.25) is 9.59 Å². The molecule has 160 valence electrons. The molecule has 0 fully saturated rings. The van der Waals surface area contributed by atoms with Crippen LogP contribution in [0, 0.1) is 6.92 Å². The molecule has 0 unspecified atom stereocenters. The molecule has 5 rings (SSSR count). The number of carbonyl (C=O) groups is 2. The molecule has 0 saturated carbocycles. The Labute approximate surface area is 187 Å². The van der Waals surface area contributed by atoms with Crippen LogP contribution in [-0.2, 0) is 22.6 Å². The molecule has 0 saturated heterocycles.